The highest BCUT2D eigenvalue weighted by Crippen LogP contribution is 2.54. The second-order valence-corrected chi connectivity index (χ2v) is 15.3. The molecular formula is C43H46N2O11. The molecule has 0 spiro atoms. The molecule has 0 fully saturated rings. The van der Waals surface area contributed by atoms with Crippen molar-refractivity contribution in [1.82, 2.24) is 0 Å². The van der Waals surface area contributed by atoms with Gasteiger partial charge in [-0.3, -0.25) is 4.79 Å². The van der Waals surface area contributed by atoms with Gasteiger partial charge in [0.2, 0.25) is 5.75 Å². The van der Waals surface area contributed by atoms with Crippen molar-refractivity contribution in [2.24, 2.45) is 0 Å². The first-order valence-electron chi connectivity index (χ1n) is 18.6. The summed E-state index contributed by atoms with van der Waals surface area (Å²) in [6, 6.07) is 18.0. The van der Waals surface area contributed by atoms with Crippen LogP contribution in [-0.2, 0) is 40.1 Å². The third kappa shape index (κ3) is 7.31. The van der Waals surface area contributed by atoms with Gasteiger partial charge in [-0.15, -0.1) is 0 Å². The largest absolute Gasteiger partial charge is 0.544 e. The lowest BCUT2D eigenvalue weighted by atomic mass is 9.85. The molecule has 294 valence electrons. The van der Waals surface area contributed by atoms with Crippen molar-refractivity contribution < 1.29 is 62.0 Å². The van der Waals surface area contributed by atoms with Crippen molar-refractivity contribution in [3.63, 3.8) is 0 Å². The summed E-state index contributed by atoms with van der Waals surface area (Å²) >= 11 is 0. The Morgan fingerprint density at radius 2 is 1.27 bits per heavy atom. The summed E-state index contributed by atoms with van der Waals surface area (Å²) in [6.45, 7) is 1.77. The molecule has 4 aromatic rings. The molecule has 0 aromatic heterocycles. The lowest BCUT2D eigenvalue weighted by Crippen LogP contribution is -2.57. The van der Waals surface area contributed by atoms with Crippen molar-refractivity contribution in [2.45, 2.75) is 44.7 Å². The zero-order chi connectivity index (χ0) is 39.9. The Morgan fingerprint density at radius 3 is 1.89 bits per heavy atom. The molecule has 4 unspecified atom stereocenters. The third-order valence-electron chi connectivity index (χ3n) is 11.6. The number of likely N-dealkylation sites (N-methyl/N-ethyl adjacent to an activating group) is 2. The van der Waals surface area contributed by atoms with Gasteiger partial charge in [0.25, 0.3) is 0 Å². The van der Waals surface area contributed by atoms with E-state index in [0.29, 0.717) is 73.1 Å². The van der Waals surface area contributed by atoms with E-state index in [1.54, 1.807) is 14.2 Å². The van der Waals surface area contributed by atoms with Gasteiger partial charge in [-0.1, -0.05) is 18.2 Å². The van der Waals surface area contributed by atoms with Gasteiger partial charge in [0.15, 0.2) is 34.5 Å². The number of fused-ring (bicyclic) bond motifs is 2. The number of rotatable bonds is 8. The number of hydrogen-bond donors (Lipinski definition) is 0. The van der Waals surface area contributed by atoms with Crippen LogP contribution in [0.15, 0.2) is 60.7 Å². The van der Waals surface area contributed by atoms with Crippen LogP contribution in [0.3, 0.4) is 0 Å². The molecular weight excluding hydrogens is 720 g/mol. The topological polar surface area (TPSA) is 153 Å². The minimum absolute atomic E-state index is 0.0345. The van der Waals surface area contributed by atoms with E-state index in [-0.39, 0.29) is 45.3 Å². The molecule has 0 N–H and O–H groups in total. The molecule has 6 bridgehead atoms. The Morgan fingerprint density at radius 1 is 0.696 bits per heavy atom. The molecule has 0 aliphatic carbocycles. The summed E-state index contributed by atoms with van der Waals surface area (Å²) < 4.78 is 37.0. The maximum atomic E-state index is 12.8. The maximum absolute atomic E-state index is 12.8. The van der Waals surface area contributed by atoms with Crippen LogP contribution in [0.5, 0.6) is 46.0 Å². The van der Waals surface area contributed by atoms with E-state index in [2.05, 4.69) is 0 Å². The van der Waals surface area contributed by atoms with Gasteiger partial charge in [0.05, 0.1) is 66.0 Å². The minimum Gasteiger partial charge on any atom is -0.544 e. The smallest absolute Gasteiger partial charge is 0.308 e. The fraction of sp³-hybridized carbons (Fsp3) is 0.372. The molecule has 4 heterocycles. The van der Waals surface area contributed by atoms with Crippen molar-refractivity contribution >= 4 is 17.9 Å². The van der Waals surface area contributed by atoms with Gasteiger partial charge in [-0.25, -0.2) is 0 Å². The molecule has 4 atom stereocenters. The van der Waals surface area contributed by atoms with Crippen LogP contribution in [0, 0.1) is 0 Å². The summed E-state index contributed by atoms with van der Waals surface area (Å²) in [5.74, 6) is -0.242. The number of hydrogen-bond acceptors (Lipinski definition) is 11. The highest BCUT2D eigenvalue weighted by Gasteiger charge is 2.45. The van der Waals surface area contributed by atoms with Gasteiger partial charge in [-0.2, -0.15) is 0 Å². The molecule has 4 aliphatic rings. The zero-order valence-corrected chi connectivity index (χ0v) is 32.5. The molecule has 0 amide bonds. The molecule has 4 aliphatic heterocycles. The highest BCUT2D eigenvalue weighted by atomic mass is 16.6. The van der Waals surface area contributed by atoms with Gasteiger partial charge in [0.1, 0.15) is 30.9 Å². The number of carbonyl (C=O) groups excluding carboxylic acids is 3. The molecule has 13 nitrogen and oxygen atoms in total. The van der Waals surface area contributed by atoms with Crippen LogP contribution in [0.2, 0.25) is 0 Å². The zero-order valence-electron chi connectivity index (χ0n) is 32.5. The van der Waals surface area contributed by atoms with E-state index >= 15 is 0 Å². The number of quaternary nitrogens is 2. The lowest BCUT2D eigenvalue weighted by Gasteiger charge is -2.47. The SMILES string of the molecule is COc1ccc2cc1Oc1ccc(cc1)CC1c3cc(c(OC)cc3CC[N+]1(C)CC(=O)[O-])Oc1c(OC(C)=O)c(OC)cc3c1C(C2)[N+](C)(CC(=O)[O-])CC3. The first-order valence-corrected chi connectivity index (χ1v) is 18.6. The molecule has 56 heavy (non-hydrogen) atoms. The minimum atomic E-state index is -1.21. The summed E-state index contributed by atoms with van der Waals surface area (Å²) in [5, 5.41) is 24.7. The monoisotopic (exact) mass is 766 g/mol. The van der Waals surface area contributed by atoms with E-state index in [1.165, 1.54) is 14.0 Å². The fourth-order valence-electron chi connectivity index (χ4n) is 8.77. The number of aliphatic carboxylic acids is 2. The average molecular weight is 767 g/mol. The Kier molecular flexibility index (Phi) is 10.3. The Hall–Kier alpha value is -5.79. The summed E-state index contributed by atoms with van der Waals surface area (Å²) in [5.41, 5.74) is 5.12. The molecule has 0 saturated heterocycles. The van der Waals surface area contributed by atoms with E-state index in [4.69, 9.17) is 28.4 Å². The van der Waals surface area contributed by atoms with Crippen LogP contribution in [-0.4, -0.2) is 88.5 Å². The Labute approximate surface area is 325 Å². The Bertz CT molecular complexity index is 2200. The second kappa shape index (κ2) is 15.0. The van der Waals surface area contributed by atoms with Gasteiger partial charge < -0.3 is 57.2 Å². The lowest BCUT2D eigenvalue weighted by molar-refractivity contribution is -0.936. The van der Waals surface area contributed by atoms with Gasteiger partial charge in [0, 0.05) is 38.2 Å². The number of nitrogens with zero attached hydrogens (tertiary/aromatic N) is 2. The van der Waals surface area contributed by atoms with E-state index in [1.807, 2.05) is 74.8 Å². The van der Waals surface area contributed by atoms with Crippen LogP contribution < -0.4 is 38.6 Å². The second-order valence-electron chi connectivity index (χ2n) is 15.3. The third-order valence-corrected chi connectivity index (χ3v) is 11.6. The quantitative estimate of drug-likeness (QED) is 0.147. The normalized spacial score (nSPS) is 22.2. The average Bonchev–Trinajstić information content (AvgIpc) is 3.14. The van der Waals surface area contributed by atoms with Crippen LogP contribution in [0.25, 0.3) is 0 Å². The molecule has 8 rings (SSSR count). The molecule has 0 saturated carbocycles. The number of methoxy groups -OCH3 is 3. The van der Waals surface area contributed by atoms with E-state index in [9.17, 15) is 24.6 Å². The number of benzene rings is 4. The highest BCUT2D eigenvalue weighted by molar-refractivity contribution is 5.74. The standard InChI is InChI=1S/C43H46N2O11/c1-25(46)54-42-38(53-6)21-29-14-16-45(3,24-40(49)50)33-18-27-9-12-34(51-4)36(19-27)55-30-10-7-26(8-11-30)17-32-31-22-37(56-43(42)41(29)33)35(52-5)20-28(31)13-15-44(32,2)23-39(47)48/h7-12,19-22,32-33H,13-18,23-24H2,1-6H3. The fourth-order valence-corrected chi connectivity index (χ4v) is 8.77. The van der Waals surface area contributed by atoms with Crippen molar-refractivity contribution in [2.75, 3.05) is 61.6 Å². The van der Waals surface area contributed by atoms with E-state index < -0.39 is 23.9 Å². The summed E-state index contributed by atoms with van der Waals surface area (Å²) in [7, 11) is 8.38. The van der Waals surface area contributed by atoms with Crippen LogP contribution in [0.1, 0.15) is 52.4 Å². The number of carbonyl (C=O) groups is 3. The summed E-state index contributed by atoms with van der Waals surface area (Å²) in [4.78, 5) is 37.5. The number of ether oxygens (including phenoxy) is 6. The Balaban J connectivity index is 1.54. The van der Waals surface area contributed by atoms with Crippen molar-refractivity contribution in [3.05, 3.63) is 94.0 Å². The molecule has 13 heteroatoms. The number of carboxylic acid groups (broad SMARTS) is 2. The first kappa shape index (κ1) is 38.5. The number of esters is 1. The first-order chi connectivity index (χ1) is 26.7. The van der Waals surface area contributed by atoms with Gasteiger partial charge in [-0.05, 0) is 64.7 Å². The van der Waals surface area contributed by atoms with Crippen molar-refractivity contribution in [3.8, 4) is 46.0 Å². The van der Waals surface area contributed by atoms with Crippen LogP contribution >= 0.6 is 0 Å². The van der Waals surface area contributed by atoms with Crippen LogP contribution in [0.4, 0.5) is 0 Å². The molecule has 0 radical (unpaired) electrons. The van der Waals surface area contributed by atoms with E-state index in [0.717, 1.165) is 27.8 Å². The summed E-state index contributed by atoms with van der Waals surface area (Å²) in [6.07, 6.45) is 1.83. The maximum Gasteiger partial charge on any atom is 0.308 e. The van der Waals surface area contributed by atoms with Gasteiger partial charge >= 0.3 is 5.97 Å². The predicted molar refractivity (Wildman–Crippen MR) is 199 cm³/mol. The molecule has 4 aromatic carbocycles. The number of carboxylic acids is 2. The van der Waals surface area contributed by atoms with Crippen molar-refractivity contribution in [1.29, 1.82) is 0 Å². The predicted octanol–water partition coefficient (Wildman–Crippen LogP) is 3.61.